The molecule has 156 valence electrons. The molecule has 0 radical (unpaired) electrons. The summed E-state index contributed by atoms with van der Waals surface area (Å²) in [6.45, 7) is -0.784. The van der Waals surface area contributed by atoms with Gasteiger partial charge in [0.2, 0.25) is 0 Å². The second-order valence-corrected chi connectivity index (χ2v) is 6.31. The molecule has 0 saturated heterocycles. The molecule has 29 heavy (non-hydrogen) atoms. The maximum Gasteiger partial charge on any atom is 0.387 e. The van der Waals surface area contributed by atoms with Crippen LogP contribution in [0.1, 0.15) is 24.2 Å². The van der Waals surface area contributed by atoms with Gasteiger partial charge in [0.1, 0.15) is 11.6 Å². The highest BCUT2D eigenvalue weighted by Crippen LogP contribution is 2.29. The molecule has 0 amide bonds. The number of rotatable bonds is 9. The van der Waals surface area contributed by atoms with Gasteiger partial charge in [0.05, 0.1) is 7.11 Å². The first-order valence-corrected chi connectivity index (χ1v) is 8.40. The Labute approximate surface area is 165 Å². The number of ketones is 1. The summed E-state index contributed by atoms with van der Waals surface area (Å²) in [5.74, 6) is -1.91. The summed E-state index contributed by atoms with van der Waals surface area (Å²) < 4.78 is 57.4. The molecular formula is C20H19F3O6. The van der Waals surface area contributed by atoms with E-state index in [1.807, 2.05) is 0 Å². The molecule has 0 aromatic heterocycles. The van der Waals surface area contributed by atoms with Crippen molar-refractivity contribution >= 4 is 11.8 Å². The van der Waals surface area contributed by atoms with Crippen molar-refractivity contribution < 1.29 is 41.7 Å². The maximum absolute atomic E-state index is 13.0. The van der Waals surface area contributed by atoms with Crippen LogP contribution in [0.25, 0.3) is 0 Å². The van der Waals surface area contributed by atoms with Crippen LogP contribution in [0.2, 0.25) is 0 Å². The number of carbonyl (C=O) groups excluding carboxylic acids is 2. The zero-order valence-corrected chi connectivity index (χ0v) is 15.9. The zero-order valence-electron chi connectivity index (χ0n) is 15.9. The summed E-state index contributed by atoms with van der Waals surface area (Å²) in [6, 6.07) is 8.66. The highest BCUT2D eigenvalue weighted by Gasteiger charge is 2.32. The van der Waals surface area contributed by atoms with Crippen molar-refractivity contribution in [3.8, 4) is 17.2 Å². The van der Waals surface area contributed by atoms with Gasteiger partial charge in [-0.3, -0.25) is 4.79 Å². The van der Waals surface area contributed by atoms with E-state index in [1.165, 1.54) is 57.4 Å². The minimum absolute atomic E-state index is 0.0672. The van der Waals surface area contributed by atoms with E-state index in [4.69, 9.17) is 14.2 Å². The second kappa shape index (κ2) is 9.31. The molecule has 0 fully saturated rings. The molecule has 0 bridgehead atoms. The highest BCUT2D eigenvalue weighted by molar-refractivity contribution is 5.98. The van der Waals surface area contributed by atoms with Gasteiger partial charge >= 0.3 is 12.6 Å². The molecule has 0 saturated carbocycles. The lowest BCUT2D eigenvalue weighted by molar-refractivity contribution is -0.158. The number of ether oxygens (including phenoxy) is 4. The predicted octanol–water partition coefficient (Wildman–Crippen LogP) is 4.02. The molecule has 2 aromatic carbocycles. The third-order valence-electron chi connectivity index (χ3n) is 3.71. The first-order chi connectivity index (χ1) is 13.6. The number of esters is 1. The van der Waals surface area contributed by atoms with E-state index in [9.17, 15) is 22.8 Å². The lowest BCUT2D eigenvalue weighted by Gasteiger charge is -2.24. The minimum Gasteiger partial charge on any atom is -0.493 e. The quantitative estimate of drug-likeness (QED) is 0.458. The Morgan fingerprint density at radius 1 is 1.03 bits per heavy atom. The van der Waals surface area contributed by atoms with Crippen LogP contribution >= 0.6 is 0 Å². The van der Waals surface area contributed by atoms with Crippen molar-refractivity contribution in [2.75, 3.05) is 13.7 Å². The van der Waals surface area contributed by atoms with Crippen LogP contribution in [0.3, 0.4) is 0 Å². The fraction of sp³-hybridized carbons (Fsp3) is 0.300. The summed E-state index contributed by atoms with van der Waals surface area (Å²) in [5, 5.41) is 0. The molecule has 0 atom stereocenters. The molecule has 6 nitrogen and oxygen atoms in total. The average Bonchev–Trinajstić information content (AvgIpc) is 2.67. The molecular weight excluding hydrogens is 393 g/mol. The van der Waals surface area contributed by atoms with Crippen LogP contribution in [0, 0.1) is 5.82 Å². The monoisotopic (exact) mass is 412 g/mol. The Morgan fingerprint density at radius 2 is 1.69 bits per heavy atom. The van der Waals surface area contributed by atoms with E-state index in [0.717, 1.165) is 6.07 Å². The van der Waals surface area contributed by atoms with E-state index in [2.05, 4.69) is 4.74 Å². The van der Waals surface area contributed by atoms with Gasteiger partial charge in [0.15, 0.2) is 29.5 Å². The van der Waals surface area contributed by atoms with Crippen LogP contribution in [-0.4, -0.2) is 37.7 Å². The van der Waals surface area contributed by atoms with E-state index in [0.29, 0.717) is 0 Å². The van der Waals surface area contributed by atoms with Crippen LogP contribution in [-0.2, 0) is 9.53 Å². The number of halogens is 3. The van der Waals surface area contributed by atoms with Gasteiger partial charge in [0, 0.05) is 5.56 Å². The Balaban J connectivity index is 2.00. The van der Waals surface area contributed by atoms with Crippen LogP contribution < -0.4 is 14.2 Å². The van der Waals surface area contributed by atoms with Gasteiger partial charge in [-0.1, -0.05) is 0 Å². The van der Waals surface area contributed by atoms with Gasteiger partial charge in [-0.05, 0) is 56.3 Å². The van der Waals surface area contributed by atoms with Crippen molar-refractivity contribution in [3.05, 3.63) is 53.8 Å². The molecule has 0 aliphatic rings. The second-order valence-electron chi connectivity index (χ2n) is 6.31. The Morgan fingerprint density at radius 3 is 2.28 bits per heavy atom. The molecule has 0 heterocycles. The normalized spacial score (nSPS) is 11.1. The molecule has 0 aliphatic heterocycles. The predicted molar refractivity (Wildman–Crippen MR) is 96.0 cm³/mol. The van der Waals surface area contributed by atoms with Crippen LogP contribution in [0.5, 0.6) is 17.2 Å². The van der Waals surface area contributed by atoms with Gasteiger partial charge < -0.3 is 18.9 Å². The number of methoxy groups -OCH3 is 1. The fourth-order valence-corrected chi connectivity index (χ4v) is 2.26. The number of Topliss-reactive ketones (excluding diaryl/α,β-unsaturated/α-hetero) is 1. The first-order valence-electron chi connectivity index (χ1n) is 8.40. The van der Waals surface area contributed by atoms with E-state index in [-0.39, 0.29) is 22.8 Å². The van der Waals surface area contributed by atoms with Gasteiger partial charge in [0.25, 0.3) is 0 Å². The standard InChI is InChI=1S/C20H19F3O6/c1-20(2,29-14-7-5-13(21)6-8-14)18(25)27-11-15(24)12-4-9-16(28-19(22)23)17(10-12)26-3/h4-10,19H,11H2,1-3H3. The van der Waals surface area contributed by atoms with Crippen molar-refractivity contribution in [1.29, 1.82) is 0 Å². The van der Waals surface area contributed by atoms with Crippen molar-refractivity contribution in [3.63, 3.8) is 0 Å². The minimum atomic E-state index is -3.05. The largest absolute Gasteiger partial charge is 0.493 e. The number of hydrogen-bond donors (Lipinski definition) is 0. The summed E-state index contributed by atoms with van der Waals surface area (Å²) >= 11 is 0. The molecule has 9 heteroatoms. The summed E-state index contributed by atoms with van der Waals surface area (Å²) in [7, 11) is 1.23. The van der Waals surface area contributed by atoms with Crippen molar-refractivity contribution in [2.24, 2.45) is 0 Å². The summed E-state index contributed by atoms with van der Waals surface area (Å²) in [4.78, 5) is 24.5. The number of alkyl halides is 2. The Hall–Kier alpha value is -3.23. The zero-order chi connectivity index (χ0) is 21.6. The average molecular weight is 412 g/mol. The van der Waals surface area contributed by atoms with E-state index >= 15 is 0 Å². The van der Waals surface area contributed by atoms with E-state index in [1.54, 1.807) is 0 Å². The highest BCUT2D eigenvalue weighted by atomic mass is 19.3. The third kappa shape index (κ3) is 6.13. The summed E-state index contributed by atoms with van der Waals surface area (Å²) in [5.41, 5.74) is -1.36. The SMILES string of the molecule is COc1cc(C(=O)COC(=O)C(C)(C)Oc2ccc(F)cc2)ccc1OC(F)F. The third-order valence-corrected chi connectivity index (χ3v) is 3.71. The number of hydrogen-bond acceptors (Lipinski definition) is 6. The van der Waals surface area contributed by atoms with Crippen molar-refractivity contribution in [2.45, 2.75) is 26.1 Å². The van der Waals surface area contributed by atoms with Gasteiger partial charge in [-0.2, -0.15) is 8.78 Å². The lowest BCUT2D eigenvalue weighted by atomic mass is 10.1. The molecule has 2 rings (SSSR count). The smallest absolute Gasteiger partial charge is 0.387 e. The van der Waals surface area contributed by atoms with Gasteiger partial charge in [-0.25, -0.2) is 9.18 Å². The van der Waals surface area contributed by atoms with Gasteiger partial charge in [-0.15, -0.1) is 0 Å². The number of carbonyl (C=O) groups is 2. The molecule has 0 N–H and O–H groups in total. The molecule has 0 aliphatic carbocycles. The molecule has 2 aromatic rings. The lowest BCUT2D eigenvalue weighted by Crippen LogP contribution is -2.40. The number of benzene rings is 2. The topological polar surface area (TPSA) is 71.1 Å². The summed E-state index contributed by atoms with van der Waals surface area (Å²) in [6.07, 6.45) is 0. The van der Waals surface area contributed by atoms with E-state index < -0.39 is 36.4 Å². The van der Waals surface area contributed by atoms with Crippen LogP contribution in [0.15, 0.2) is 42.5 Å². The maximum atomic E-state index is 13.0. The first kappa shape index (κ1) is 22.1. The molecule has 0 spiro atoms. The van der Waals surface area contributed by atoms with Crippen molar-refractivity contribution in [1.82, 2.24) is 0 Å². The Bertz CT molecular complexity index is 865. The van der Waals surface area contributed by atoms with Crippen LogP contribution in [0.4, 0.5) is 13.2 Å². The fourth-order valence-electron chi connectivity index (χ4n) is 2.26. The Kier molecular flexibility index (Phi) is 7.08. The molecule has 0 unspecified atom stereocenters.